The van der Waals surface area contributed by atoms with E-state index in [1.807, 2.05) is 90.5 Å². The van der Waals surface area contributed by atoms with Crippen LogP contribution in [0.5, 0.6) is 5.75 Å². The lowest BCUT2D eigenvalue weighted by Crippen LogP contribution is -2.40. The lowest BCUT2D eigenvalue weighted by Gasteiger charge is -2.37. The van der Waals surface area contributed by atoms with Gasteiger partial charge in [0.15, 0.2) is 0 Å². The third kappa shape index (κ3) is 3.64. The molecule has 0 aliphatic carbocycles. The molecule has 1 heterocycles. The summed E-state index contributed by atoms with van der Waals surface area (Å²) in [7, 11) is -1.89. The highest BCUT2D eigenvalue weighted by molar-refractivity contribution is 6.70. The molecule has 6 heteroatoms. The molecule has 154 valence electrons. The predicted octanol–water partition coefficient (Wildman–Crippen LogP) is 5.14. The third-order valence-electron chi connectivity index (χ3n) is 5.29. The molecule has 4 aromatic rings. The van der Waals surface area contributed by atoms with Crippen molar-refractivity contribution in [3.05, 3.63) is 90.0 Å². The van der Waals surface area contributed by atoms with E-state index in [2.05, 4.69) is 30.0 Å². The van der Waals surface area contributed by atoms with E-state index in [1.165, 1.54) is 0 Å². The van der Waals surface area contributed by atoms with Crippen LogP contribution in [-0.2, 0) is 5.54 Å². The van der Waals surface area contributed by atoms with Gasteiger partial charge in [0.2, 0.25) is 8.32 Å². The predicted molar refractivity (Wildman–Crippen MR) is 122 cm³/mol. The molecule has 1 N–H and O–H groups in total. The minimum absolute atomic E-state index is 0.772. The SMILES string of the molecule is CC(c1ccccc1O[Si](C)(C)C)(C(O)c1ccccc1)n1nnc2ccccc21. The zero-order valence-electron chi connectivity index (χ0n) is 17.8. The number of aliphatic hydroxyl groups excluding tert-OH is 1. The Morgan fingerprint density at radius 1 is 0.900 bits per heavy atom. The van der Waals surface area contributed by atoms with Gasteiger partial charge < -0.3 is 9.53 Å². The summed E-state index contributed by atoms with van der Waals surface area (Å²) < 4.78 is 8.27. The zero-order chi connectivity index (χ0) is 21.4. The maximum Gasteiger partial charge on any atom is 0.242 e. The summed E-state index contributed by atoms with van der Waals surface area (Å²) in [5, 5.41) is 20.6. The Morgan fingerprint density at radius 3 is 2.27 bits per heavy atom. The molecule has 0 saturated carbocycles. The summed E-state index contributed by atoms with van der Waals surface area (Å²) in [6.07, 6.45) is -0.866. The van der Waals surface area contributed by atoms with Gasteiger partial charge in [0.05, 0.1) is 5.52 Å². The number of nitrogens with zero attached hydrogens (tertiary/aromatic N) is 3. The van der Waals surface area contributed by atoms with Crippen LogP contribution in [0, 0.1) is 0 Å². The Labute approximate surface area is 178 Å². The molecule has 0 radical (unpaired) electrons. The molecule has 0 spiro atoms. The Balaban J connectivity index is 1.98. The van der Waals surface area contributed by atoms with Gasteiger partial charge in [0, 0.05) is 5.56 Å². The Bertz CT molecular complexity index is 1150. The van der Waals surface area contributed by atoms with Gasteiger partial charge in [0.25, 0.3) is 0 Å². The first-order valence-corrected chi connectivity index (χ1v) is 13.5. The van der Waals surface area contributed by atoms with Crippen LogP contribution >= 0.6 is 0 Å². The Hall–Kier alpha value is -2.96. The number of aliphatic hydroxyl groups is 1. The van der Waals surface area contributed by atoms with Gasteiger partial charge in [0.1, 0.15) is 22.9 Å². The Kier molecular flexibility index (Phi) is 5.21. The molecule has 2 unspecified atom stereocenters. The zero-order valence-corrected chi connectivity index (χ0v) is 18.8. The quantitative estimate of drug-likeness (QED) is 0.441. The lowest BCUT2D eigenvalue weighted by molar-refractivity contribution is 0.0634. The van der Waals surface area contributed by atoms with Crippen molar-refractivity contribution in [2.24, 2.45) is 0 Å². The number of hydrogen-bond donors (Lipinski definition) is 1. The van der Waals surface area contributed by atoms with Crippen molar-refractivity contribution < 1.29 is 9.53 Å². The summed E-state index contributed by atoms with van der Waals surface area (Å²) in [5.74, 6) is 0.772. The van der Waals surface area contributed by atoms with Crippen molar-refractivity contribution in [2.45, 2.75) is 38.2 Å². The van der Waals surface area contributed by atoms with E-state index in [-0.39, 0.29) is 0 Å². The van der Waals surface area contributed by atoms with Crippen LogP contribution in [-0.4, -0.2) is 28.4 Å². The first kappa shape index (κ1) is 20.3. The van der Waals surface area contributed by atoms with Crippen LogP contribution in [0.2, 0.25) is 19.6 Å². The molecular weight excluding hydrogens is 390 g/mol. The number of aromatic nitrogens is 3. The van der Waals surface area contributed by atoms with Gasteiger partial charge in [-0.2, -0.15) is 0 Å². The first-order chi connectivity index (χ1) is 14.3. The second-order valence-corrected chi connectivity index (χ2v) is 13.1. The minimum atomic E-state index is -1.89. The number of benzene rings is 3. The monoisotopic (exact) mass is 417 g/mol. The smallest absolute Gasteiger partial charge is 0.242 e. The van der Waals surface area contributed by atoms with E-state index >= 15 is 0 Å². The van der Waals surface area contributed by atoms with E-state index in [1.54, 1.807) is 0 Å². The molecule has 0 amide bonds. The third-order valence-corrected chi connectivity index (χ3v) is 6.12. The molecule has 1 aromatic heterocycles. The molecule has 0 fully saturated rings. The normalized spacial score (nSPS) is 15.0. The van der Waals surface area contributed by atoms with E-state index in [9.17, 15) is 5.11 Å². The first-order valence-electron chi connectivity index (χ1n) is 10.1. The number of para-hydroxylation sites is 2. The van der Waals surface area contributed by atoms with Crippen LogP contribution in [0.25, 0.3) is 11.0 Å². The highest BCUT2D eigenvalue weighted by atomic mass is 28.4. The molecular formula is C24H27N3O2Si. The highest BCUT2D eigenvalue weighted by Gasteiger charge is 2.42. The van der Waals surface area contributed by atoms with E-state index in [4.69, 9.17) is 4.43 Å². The van der Waals surface area contributed by atoms with Gasteiger partial charge in [-0.3, -0.25) is 0 Å². The van der Waals surface area contributed by atoms with Gasteiger partial charge in [-0.1, -0.05) is 65.9 Å². The van der Waals surface area contributed by atoms with Gasteiger partial charge in [-0.15, -0.1) is 5.10 Å². The van der Waals surface area contributed by atoms with Crippen molar-refractivity contribution >= 4 is 19.4 Å². The fourth-order valence-corrected chi connectivity index (χ4v) is 4.69. The van der Waals surface area contributed by atoms with Crippen molar-refractivity contribution in [2.75, 3.05) is 0 Å². The molecule has 2 atom stereocenters. The van der Waals surface area contributed by atoms with Crippen LogP contribution in [0.15, 0.2) is 78.9 Å². The van der Waals surface area contributed by atoms with Crippen LogP contribution in [0.3, 0.4) is 0 Å². The Morgan fingerprint density at radius 2 is 1.53 bits per heavy atom. The largest absolute Gasteiger partial charge is 0.544 e. The van der Waals surface area contributed by atoms with Crippen molar-refractivity contribution in [3.63, 3.8) is 0 Å². The molecule has 30 heavy (non-hydrogen) atoms. The average Bonchev–Trinajstić information content (AvgIpc) is 3.17. The summed E-state index contributed by atoms with van der Waals surface area (Å²) >= 11 is 0. The molecule has 5 nitrogen and oxygen atoms in total. The van der Waals surface area contributed by atoms with E-state index < -0.39 is 20.0 Å². The van der Waals surface area contributed by atoms with Crippen LogP contribution in [0.1, 0.15) is 24.2 Å². The van der Waals surface area contributed by atoms with E-state index in [0.29, 0.717) is 0 Å². The second-order valence-electron chi connectivity index (χ2n) is 8.66. The number of hydrogen-bond acceptors (Lipinski definition) is 4. The lowest BCUT2D eigenvalue weighted by atomic mass is 9.82. The van der Waals surface area contributed by atoms with Crippen LogP contribution in [0.4, 0.5) is 0 Å². The molecule has 0 bridgehead atoms. The fraction of sp³-hybridized carbons (Fsp3) is 0.250. The molecule has 0 aliphatic heterocycles. The molecule has 3 aromatic carbocycles. The van der Waals surface area contributed by atoms with Gasteiger partial charge >= 0.3 is 0 Å². The summed E-state index contributed by atoms with van der Waals surface area (Å²) in [6, 6.07) is 25.4. The van der Waals surface area contributed by atoms with Crippen molar-refractivity contribution in [1.29, 1.82) is 0 Å². The minimum Gasteiger partial charge on any atom is -0.544 e. The van der Waals surface area contributed by atoms with Gasteiger partial charge in [-0.25, -0.2) is 4.68 Å². The number of rotatable bonds is 6. The van der Waals surface area contributed by atoms with Crippen LogP contribution < -0.4 is 4.43 Å². The average molecular weight is 418 g/mol. The fourth-order valence-electron chi connectivity index (χ4n) is 3.85. The van der Waals surface area contributed by atoms with Crippen molar-refractivity contribution in [1.82, 2.24) is 15.0 Å². The second kappa shape index (κ2) is 7.70. The molecule has 0 saturated heterocycles. The number of fused-ring (bicyclic) bond motifs is 1. The maximum absolute atomic E-state index is 11.7. The van der Waals surface area contributed by atoms with E-state index in [0.717, 1.165) is 27.9 Å². The van der Waals surface area contributed by atoms with Gasteiger partial charge in [-0.05, 0) is 50.3 Å². The highest BCUT2D eigenvalue weighted by Crippen LogP contribution is 2.44. The summed E-state index contributed by atoms with van der Waals surface area (Å²) in [4.78, 5) is 0. The van der Waals surface area contributed by atoms with Crippen molar-refractivity contribution in [3.8, 4) is 5.75 Å². The standard InChI is InChI=1S/C24H27N3O2Si/c1-24(23(28)18-12-6-5-7-13-18,27-21-16-10-9-15-20(21)25-26-27)19-14-8-11-17-22(19)29-30(2,3)4/h5-17,23,28H,1-4H3. The maximum atomic E-state index is 11.7. The summed E-state index contributed by atoms with van der Waals surface area (Å²) in [6.45, 7) is 8.46. The summed E-state index contributed by atoms with van der Waals surface area (Å²) in [5.41, 5.74) is 2.39. The molecule has 0 aliphatic rings. The topological polar surface area (TPSA) is 60.2 Å². The molecule has 4 rings (SSSR count).